The number of hydrogen-bond acceptors (Lipinski definition) is 4. The summed E-state index contributed by atoms with van der Waals surface area (Å²) in [6.07, 6.45) is -2.14. The van der Waals surface area contributed by atoms with Crippen molar-refractivity contribution in [2.24, 2.45) is 5.92 Å². The predicted molar refractivity (Wildman–Crippen MR) is 77.9 cm³/mol. The first-order chi connectivity index (χ1) is 9.92. The lowest BCUT2D eigenvalue weighted by atomic mass is 9.98. The van der Waals surface area contributed by atoms with Crippen LogP contribution in [-0.2, 0) is 4.79 Å². The molecule has 0 radical (unpaired) electrons. The van der Waals surface area contributed by atoms with Gasteiger partial charge in [0.2, 0.25) is 12.0 Å². The second-order valence-electron chi connectivity index (χ2n) is 4.81. The summed E-state index contributed by atoms with van der Waals surface area (Å²) in [6.45, 7) is 7.59. The Morgan fingerprint density at radius 2 is 1.67 bits per heavy atom. The summed E-state index contributed by atoms with van der Waals surface area (Å²) < 4.78 is 24.7. The predicted octanol–water partition coefficient (Wildman–Crippen LogP) is 3.23. The molecule has 0 aliphatic heterocycles. The molecule has 0 N–H and O–H groups in total. The Kier molecular flexibility index (Phi) is 6.34. The highest BCUT2D eigenvalue weighted by atomic mass is 19.1. The Morgan fingerprint density at radius 3 is 2.19 bits per heavy atom. The largest absolute Gasteiger partial charge is 0.490 e. The highest BCUT2D eigenvalue weighted by Crippen LogP contribution is 2.29. The molecular formula is C16H21FO4. The molecule has 0 aliphatic rings. The first-order valence-corrected chi connectivity index (χ1v) is 7.04. The molecule has 5 heteroatoms. The van der Waals surface area contributed by atoms with Crippen LogP contribution in [-0.4, -0.2) is 31.0 Å². The molecule has 0 amide bonds. The molecule has 21 heavy (non-hydrogen) atoms. The number of rotatable bonds is 8. The van der Waals surface area contributed by atoms with Crippen LogP contribution in [0.15, 0.2) is 18.2 Å². The van der Waals surface area contributed by atoms with Crippen LogP contribution in [0.1, 0.15) is 38.1 Å². The van der Waals surface area contributed by atoms with E-state index in [0.29, 0.717) is 24.7 Å². The molecule has 1 aromatic carbocycles. The average Bonchev–Trinajstić information content (AvgIpc) is 2.47. The summed E-state index contributed by atoms with van der Waals surface area (Å²) >= 11 is 0. The van der Waals surface area contributed by atoms with Crippen molar-refractivity contribution < 1.29 is 23.5 Å². The standard InChI is InChI=1S/C16H21FO4/c1-5-20-12-8-7-11(9-13(12)21-6-2)16(19)14(17)15(18)10(3)4/h7-10,14H,5-6H2,1-4H3. The minimum absolute atomic E-state index is 0.100. The van der Waals surface area contributed by atoms with Gasteiger partial charge in [-0.05, 0) is 32.0 Å². The molecule has 0 aliphatic carbocycles. The highest BCUT2D eigenvalue weighted by Gasteiger charge is 2.29. The third-order valence-electron chi connectivity index (χ3n) is 2.88. The van der Waals surface area contributed by atoms with Gasteiger partial charge in [0.05, 0.1) is 13.2 Å². The summed E-state index contributed by atoms with van der Waals surface area (Å²) in [7, 11) is 0. The van der Waals surface area contributed by atoms with Gasteiger partial charge in [-0.2, -0.15) is 0 Å². The van der Waals surface area contributed by atoms with E-state index in [1.165, 1.54) is 12.1 Å². The zero-order valence-electron chi connectivity index (χ0n) is 12.8. The fourth-order valence-corrected chi connectivity index (χ4v) is 1.77. The van der Waals surface area contributed by atoms with E-state index < -0.39 is 23.7 Å². The van der Waals surface area contributed by atoms with Gasteiger partial charge in [0.1, 0.15) is 0 Å². The smallest absolute Gasteiger partial charge is 0.221 e. The molecule has 0 aromatic heterocycles. The molecule has 0 heterocycles. The first kappa shape index (κ1) is 17.1. The number of ether oxygens (including phenoxy) is 2. The van der Waals surface area contributed by atoms with E-state index in [4.69, 9.17) is 9.47 Å². The van der Waals surface area contributed by atoms with E-state index in [1.54, 1.807) is 26.8 Å². The van der Waals surface area contributed by atoms with Gasteiger partial charge in [-0.15, -0.1) is 0 Å². The van der Waals surface area contributed by atoms with Crippen LogP contribution in [0.3, 0.4) is 0 Å². The Bertz CT molecular complexity index is 511. The number of carbonyl (C=O) groups is 2. The van der Waals surface area contributed by atoms with Crippen molar-refractivity contribution in [2.45, 2.75) is 33.9 Å². The highest BCUT2D eigenvalue weighted by molar-refractivity contribution is 6.13. The van der Waals surface area contributed by atoms with Crippen LogP contribution < -0.4 is 9.47 Å². The van der Waals surface area contributed by atoms with Gasteiger partial charge in [-0.1, -0.05) is 13.8 Å². The lowest BCUT2D eigenvalue weighted by Crippen LogP contribution is -2.29. The molecule has 1 atom stereocenters. The van der Waals surface area contributed by atoms with E-state index >= 15 is 0 Å². The molecular weight excluding hydrogens is 275 g/mol. The molecule has 116 valence electrons. The summed E-state index contributed by atoms with van der Waals surface area (Å²) in [4.78, 5) is 23.6. The Labute approximate surface area is 124 Å². The van der Waals surface area contributed by atoms with Crippen molar-refractivity contribution in [1.29, 1.82) is 0 Å². The zero-order chi connectivity index (χ0) is 16.0. The van der Waals surface area contributed by atoms with Crippen molar-refractivity contribution >= 4 is 11.6 Å². The molecule has 1 rings (SSSR count). The van der Waals surface area contributed by atoms with Crippen molar-refractivity contribution in [3.63, 3.8) is 0 Å². The van der Waals surface area contributed by atoms with Gasteiger partial charge in [-0.25, -0.2) is 4.39 Å². The number of ketones is 2. The molecule has 0 saturated heterocycles. The van der Waals surface area contributed by atoms with Crippen molar-refractivity contribution in [3.8, 4) is 11.5 Å². The van der Waals surface area contributed by atoms with Gasteiger partial charge in [-0.3, -0.25) is 9.59 Å². The van der Waals surface area contributed by atoms with Gasteiger partial charge >= 0.3 is 0 Å². The Morgan fingerprint density at radius 1 is 1.10 bits per heavy atom. The minimum Gasteiger partial charge on any atom is -0.490 e. The number of alkyl halides is 1. The Balaban J connectivity index is 3.05. The molecule has 1 aromatic rings. The van der Waals surface area contributed by atoms with E-state index in [9.17, 15) is 14.0 Å². The van der Waals surface area contributed by atoms with E-state index in [-0.39, 0.29) is 5.56 Å². The van der Waals surface area contributed by atoms with Crippen LogP contribution >= 0.6 is 0 Å². The molecule has 1 unspecified atom stereocenters. The van der Waals surface area contributed by atoms with Crippen LogP contribution in [0.4, 0.5) is 4.39 Å². The normalized spacial score (nSPS) is 12.1. The van der Waals surface area contributed by atoms with Crippen LogP contribution in [0.5, 0.6) is 11.5 Å². The maximum Gasteiger partial charge on any atom is 0.221 e. The quantitative estimate of drug-likeness (QED) is 0.546. The first-order valence-electron chi connectivity index (χ1n) is 7.04. The lowest BCUT2D eigenvalue weighted by Gasteiger charge is -2.13. The summed E-state index contributed by atoms with van der Waals surface area (Å²) in [5.41, 5.74) is 0.100. The van der Waals surface area contributed by atoms with E-state index in [2.05, 4.69) is 0 Å². The maximum atomic E-state index is 13.9. The zero-order valence-corrected chi connectivity index (χ0v) is 12.8. The van der Waals surface area contributed by atoms with Crippen LogP contribution in [0, 0.1) is 5.92 Å². The van der Waals surface area contributed by atoms with E-state index in [1.807, 2.05) is 6.92 Å². The van der Waals surface area contributed by atoms with Gasteiger partial charge in [0, 0.05) is 11.5 Å². The Hall–Kier alpha value is -1.91. The lowest BCUT2D eigenvalue weighted by molar-refractivity contribution is -0.125. The van der Waals surface area contributed by atoms with Crippen molar-refractivity contribution in [2.75, 3.05) is 13.2 Å². The number of carbonyl (C=O) groups excluding carboxylic acids is 2. The fourth-order valence-electron chi connectivity index (χ4n) is 1.77. The maximum absolute atomic E-state index is 13.9. The third-order valence-corrected chi connectivity index (χ3v) is 2.88. The molecule has 4 nitrogen and oxygen atoms in total. The molecule has 0 fully saturated rings. The van der Waals surface area contributed by atoms with Crippen LogP contribution in [0.2, 0.25) is 0 Å². The average molecular weight is 296 g/mol. The third kappa shape index (κ3) is 4.28. The SMILES string of the molecule is CCOc1ccc(C(=O)C(F)C(=O)C(C)C)cc1OCC. The molecule has 0 saturated carbocycles. The van der Waals surface area contributed by atoms with Gasteiger partial charge in [0.25, 0.3) is 0 Å². The summed E-state index contributed by atoms with van der Waals surface area (Å²) in [5.74, 6) is -1.24. The number of Topliss-reactive ketones (excluding diaryl/α,β-unsaturated/α-hetero) is 2. The number of halogens is 1. The van der Waals surface area contributed by atoms with Crippen molar-refractivity contribution in [1.82, 2.24) is 0 Å². The van der Waals surface area contributed by atoms with Crippen molar-refractivity contribution in [3.05, 3.63) is 23.8 Å². The second kappa shape index (κ2) is 7.76. The fraction of sp³-hybridized carbons (Fsp3) is 0.500. The van der Waals surface area contributed by atoms with Gasteiger partial charge < -0.3 is 9.47 Å². The second-order valence-corrected chi connectivity index (χ2v) is 4.81. The topological polar surface area (TPSA) is 52.6 Å². The molecule has 0 bridgehead atoms. The summed E-state index contributed by atoms with van der Waals surface area (Å²) in [6, 6.07) is 4.40. The summed E-state index contributed by atoms with van der Waals surface area (Å²) in [5, 5.41) is 0. The van der Waals surface area contributed by atoms with Gasteiger partial charge in [0.15, 0.2) is 17.3 Å². The monoisotopic (exact) mass is 296 g/mol. The molecule has 0 spiro atoms. The minimum atomic E-state index is -2.14. The number of benzene rings is 1. The van der Waals surface area contributed by atoms with Crippen LogP contribution in [0.25, 0.3) is 0 Å². The number of hydrogen-bond donors (Lipinski definition) is 0. The van der Waals surface area contributed by atoms with E-state index in [0.717, 1.165) is 0 Å².